The van der Waals surface area contributed by atoms with E-state index in [1.165, 1.54) is 0 Å². The van der Waals surface area contributed by atoms with Crippen LogP contribution in [0.4, 0.5) is 0 Å². The first-order chi connectivity index (χ1) is 6.02. The van der Waals surface area contributed by atoms with Crippen LogP contribution in [0, 0.1) is 0 Å². The summed E-state index contributed by atoms with van der Waals surface area (Å²) < 4.78 is 0. The molecule has 0 spiro atoms. The van der Waals surface area contributed by atoms with E-state index in [1.807, 2.05) is 19.1 Å². The lowest BCUT2D eigenvalue weighted by molar-refractivity contribution is 1.04. The van der Waals surface area contributed by atoms with Gasteiger partial charge in [-0.3, -0.25) is 4.99 Å². The van der Waals surface area contributed by atoms with Crippen LogP contribution in [0.2, 0.25) is 0 Å². The Morgan fingerprint density at radius 1 is 1.54 bits per heavy atom. The molecule has 1 unspecified atom stereocenters. The molecule has 0 aromatic rings. The normalized spacial score (nSPS) is 15.5. The van der Waals surface area contributed by atoms with E-state index in [1.54, 1.807) is 19.2 Å². The standard InChI is InChI=1S/C10H13Cl2N/c1-8(7-9(2)11)5-4-6-13-10(3)12/h4-7,10H,2H2,1,3H3/b5-4-,8-7+,13-6?. The molecule has 13 heavy (non-hydrogen) atoms. The minimum Gasteiger partial charge on any atom is -0.274 e. The molecule has 0 rings (SSSR count). The highest BCUT2D eigenvalue weighted by Gasteiger charge is 1.84. The number of nitrogens with zero attached hydrogens (tertiary/aromatic N) is 1. The van der Waals surface area contributed by atoms with Crippen LogP contribution >= 0.6 is 23.2 Å². The minimum atomic E-state index is -0.183. The third kappa shape index (κ3) is 9.38. The molecule has 0 heterocycles. The van der Waals surface area contributed by atoms with E-state index in [-0.39, 0.29) is 5.50 Å². The summed E-state index contributed by atoms with van der Waals surface area (Å²) in [5.41, 5.74) is 0.839. The first-order valence-electron chi connectivity index (χ1n) is 3.89. The molecule has 0 aliphatic heterocycles. The van der Waals surface area contributed by atoms with Gasteiger partial charge in [0.2, 0.25) is 0 Å². The summed E-state index contributed by atoms with van der Waals surface area (Å²) in [6, 6.07) is 0. The van der Waals surface area contributed by atoms with Crippen LogP contribution in [0.3, 0.4) is 0 Å². The van der Waals surface area contributed by atoms with Crippen molar-refractivity contribution in [1.82, 2.24) is 0 Å². The molecule has 0 bridgehead atoms. The summed E-state index contributed by atoms with van der Waals surface area (Å²) in [6.07, 6.45) is 7.13. The second-order valence-corrected chi connectivity index (χ2v) is 3.68. The fraction of sp³-hybridized carbons (Fsp3) is 0.300. The Bertz CT molecular complexity index is 250. The van der Waals surface area contributed by atoms with Crippen molar-refractivity contribution in [3.05, 3.63) is 35.4 Å². The molecular weight excluding hydrogens is 205 g/mol. The molecule has 0 aliphatic rings. The van der Waals surface area contributed by atoms with Crippen molar-refractivity contribution in [1.29, 1.82) is 0 Å². The smallest absolute Gasteiger partial charge is 0.121 e. The van der Waals surface area contributed by atoms with Gasteiger partial charge in [-0.1, -0.05) is 35.9 Å². The summed E-state index contributed by atoms with van der Waals surface area (Å²) in [4.78, 5) is 3.95. The minimum absolute atomic E-state index is 0.183. The average Bonchev–Trinajstić information content (AvgIpc) is 1.96. The van der Waals surface area contributed by atoms with Crippen molar-refractivity contribution in [2.75, 3.05) is 0 Å². The third-order valence-corrected chi connectivity index (χ3v) is 1.34. The Morgan fingerprint density at radius 3 is 2.62 bits per heavy atom. The first-order valence-corrected chi connectivity index (χ1v) is 4.70. The Kier molecular flexibility index (Phi) is 6.65. The molecule has 3 heteroatoms. The van der Waals surface area contributed by atoms with Crippen molar-refractivity contribution in [2.24, 2.45) is 4.99 Å². The van der Waals surface area contributed by atoms with Crippen molar-refractivity contribution < 1.29 is 0 Å². The molecule has 0 saturated heterocycles. The van der Waals surface area contributed by atoms with E-state index in [0.29, 0.717) is 5.03 Å². The summed E-state index contributed by atoms with van der Waals surface area (Å²) in [5.74, 6) is 0. The highest BCUT2D eigenvalue weighted by atomic mass is 35.5. The van der Waals surface area contributed by atoms with Crippen LogP contribution in [0.5, 0.6) is 0 Å². The van der Waals surface area contributed by atoms with E-state index in [2.05, 4.69) is 11.6 Å². The first kappa shape index (κ1) is 12.5. The molecule has 0 N–H and O–H groups in total. The molecule has 1 nitrogen and oxygen atoms in total. The van der Waals surface area contributed by atoms with Crippen molar-refractivity contribution in [2.45, 2.75) is 19.3 Å². The number of hydrogen-bond donors (Lipinski definition) is 0. The number of halogens is 2. The average molecular weight is 218 g/mol. The second kappa shape index (κ2) is 6.93. The maximum atomic E-state index is 5.60. The van der Waals surface area contributed by atoms with E-state index in [0.717, 1.165) is 5.57 Å². The molecular formula is C10H13Cl2N. The van der Waals surface area contributed by atoms with Gasteiger partial charge in [-0.15, -0.1) is 0 Å². The van der Waals surface area contributed by atoms with Gasteiger partial charge in [0, 0.05) is 11.2 Å². The van der Waals surface area contributed by atoms with Crippen molar-refractivity contribution in [3.8, 4) is 0 Å². The van der Waals surface area contributed by atoms with Crippen molar-refractivity contribution in [3.63, 3.8) is 0 Å². The van der Waals surface area contributed by atoms with Gasteiger partial charge in [-0.05, 0) is 31.6 Å². The highest BCUT2D eigenvalue weighted by Crippen LogP contribution is 2.04. The molecule has 0 saturated carbocycles. The van der Waals surface area contributed by atoms with Gasteiger partial charge in [-0.2, -0.15) is 0 Å². The number of allylic oxidation sites excluding steroid dienone is 5. The van der Waals surface area contributed by atoms with Gasteiger partial charge in [-0.25, -0.2) is 0 Å². The summed E-state index contributed by atoms with van der Waals surface area (Å²) in [6.45, 7) is 7.29. The van der Waals surface area contributed by atoms with Gasteiger partial charge in [0.15, 0.2) is 0 Å². The predicted molar refractivity (Wildman–Crippen MR) is 61.7 cm³/mol. The molecule has 0 radical (unpaired) electrons. The van der Waals surface area contributed by atoms with Gasteiger partial charge < -0.3 is 0 Å². The van der Waals surface area contributed by atoms with Gasteiger partial charge in [0.05, 0.1) is 0 Å². The van der Waals surface area contributed by atoms with Gasteiger partial charge in [0.1, 0.15) is 5.50 Å². The quantitative estimate of drug-likeness (QED) is 0.293. The van der Waals surface area contributed by atoms with Crippen LogP contribution in [0.15, 0.2) is 40.4 Å². The van der Waals surface area contributed by atoms with Crippen LogP contribution in [-0.4, -0.2) is 11.7 Å². The fourth-order valence-corrected chi connectivity index (χ4v) is 0.895. The molecule has 0 aromatic carbocycles. The Morgan fingerprint density at radius 2 is 2.15 bits per heavy atom. The van der Waals surface area contributed by atoms with E-state index < -0.39 is 0 Å². The fourth-order valence-electron chi connectivity index (χ4n) is 0.658. The van der Waals surface area contributed by atoms with Crippen molar-refractivity contribution >= 4 is 29.4 Å². The molecule has 0 fully saturated rings. The topological polar surface area (TPSA) is 12.4 Å². The van der Waals surface area contributed by atoms with Crippen LogP contribution < -0.4 is 0 Å². The molecule has 1 atom stereocenters. The summed E-state index contributed by atoms with van der Waals surface area (Å²) >= 11 is 11.2. The van der Waals surface area contributed by atoms with Crippen LogP contribution in [0.25, 0.3) is 0 Å². The molecule has 0 aromatic heterocycles. The SMILES string of the molecule is C=C(Cl)/C=C(C)/C=C\C=NC(C)Cl. The Hall–Kier alpha value is -0.530. The maximum absolute atomic E-state index is 5.60. The maximum Gasteiger partial charge on any atom is 0.121 e. The number of aliphatic imine (C=N–C) groups is 1. The summed E-state index contributed by atoms with van der Waals surface area (Å²) in [5, 5.41) is 0.518. The number of hydrogen-bond acceptors (Lipinski definition) is 1. The van der Waals surface area contributed by atoms with Gasteiger partial charge in [0.25, 0.3) is 0 Å². The molecule has 72 valence electrons. The van der Waals surface area contributed by atoms with E-state index in [4.69, 9.17) is 23.2 Å². The summed E-state index contributed by atoms with van der Waals surface area (Å²) in [7, 11) is 0. The molecule has 0 amide bonds. The van der Waals surface area contributed by atoms with Crippen LogP contribution in [0.1, 0.15) is 13.8 Å². The highest BCUT2D eigenvalue weighted by molar-refractivity contribution is 6.30. The zero-order chi connectivity index (χ0) is 10.3. The zero-order valence-electron chi connectivity index (χ0n) is 7.80. The lowest BCUT2D eigenvalue weighted by Gasteiger charge is -1.90. The van der Waals surface area contributed by atoms with E-state index >= 15 is 0 Å². The predicted octanol–water partition coefficient (Wildman–Crippen LogP) is 3.90. The van der Waals surface area contributed by atoms with E-state index in [9.17, 15) is 0 Å². The lowest BCUT2D eigenvalue weighted by atomic mass is 10.2. The number of rotatable bonds is 4. The number of alkyl halides is 1. The zero-order valence-corrected chi connectivity index (χ0v) is 9.31. The molecule has 0 aliphatic carbocycles. The third-order valence-electron chi connectivity index (χ3n) is 1.12. The van der Waals surface area contributed by atoms with Crippen LogP contribution in [-0.2, 0) is 0 Å². The lowest BCUT2D eigenvalue weighted by Crippen LogP contribution is -1.82. The Labute approximate surface area is 89.5 Å². The largest absolute Gasteiger partial charge is 0.274 e. The Balaban J connectivity index is 4.05. The van der Waals surface area contributed by atoms with Gasteiger partial charge >= 0.3 is 0 Å². The monoisotopic (exact) mass is 217 g/mol. The second-order valence-electron chi connectivity index (χ2n) is 2.57.